The van der Waals surface area contributed by atoms with Crippen LogP contribution in [0, 0.1) is 0 Å². The molecule has 0 aliphatic carbocycles. The van der Waals surface area contributed by atoms with Crippen LogP contribution in [-0.2, 0) is 12.8 Å². The Hall–Kier alpha value is -1.76. The van der Waals surface area contributed by atoms with Crippen molar-refractivity contribution in [2.45, 2.75) is 32.1 Å². The van der Waals surface area contributed by atoms with Crippen molar-refractivity contribution in [2.75, 3.05) is 26.2 Å². The number of nitrogens with one attached hydrogen (secondary N) is 1. The number of nitrogens with two attached hydrogens (primary N) is 1. The molecule has 0 spiro atoms. The van der Waals surface area contributed by atoms with Gasteiger partial charge in [0.1, 0.15) is 0 Å². The largest absolute Gasteiger partial charge is 0.330 e. The van der Waals surface area contributed by atoms with E-state index in [2.05, 4.69) is 53.8 Å². The number of rotatable bonds is 12. The van der Waals surface area contributed by atoms with Gasteiger partial charge in [0.05, 0.1) is 6.54 Å². The molecule has 26 heavy (non-hydrogen) atoms. The van der Waals surface area contributed by atoms with E-state index < -0.39 is 0 Å². The summed E-state index contributed by atoms with van der Waals surface area (Å²) in [7, 11) is 0. The molecule has 0 atom stereocenters. The average molecular weight is 357 g/mol. The number of hydrogen-bond acceptors (Lipinski definition) is 5. The average Bonchev–Trinajstić information content (AvgIpc) is 2.66. The van der Waals surface area contributed by atoms with Crippen LogP contribution in [0.1, 0.15) is 30.4 Å². The summed E-state index contributed by atoms with van der Waals surface area (Å²) in [4.78, 5) is 0. The molecule has 0 bridgehead atoms. The van der Waals surface area contributed by atoms with Crippen LogP contribution in [0.3, 0.4) is 0 Å². The molecule has 0 saturated heterocycles. The van der Waals surface area contributed by atoms with Crippen molar-refractivity contribution in [3.05, 3.63) is 59.7 Å². The molecule has 0 saturated carbocycles. The molecule has 0 aliphatic rings. The third-order valence-corrected chi connectivity index (χ3v) is 4.47. The molecule has 5 nitrogen and oxygen atoms in total. The molecule has 0 radical (unpaired) electrons. The maximum Gasteiger partial charge on any atom is 0.0637 e. The number of nitrogens with zero attached hydrogens (tertiary/aromatic N) is 1. The van der Waals surface area contributed by atoms with Crippen molar-refractivity contribution >= 4 is 0 Å². The predicted octanol–water partition coefficient (Wildman–Crippen LogP) is 3.24. The molecular formula is C21H31N3O2. The van der Waals surface area contributed by atoms with Gasteiger partial charge in [0.15, 0.2) is 0 Å². The second kappa shape index (κ2) is 11.8. The van der Waals surface area contributed by atoms with Gasteiger partial charge in [-0.15, -0.1) is 0 Å². The summed E-state index contributed by atoms with van der Waals surface area (Å²) in [6.45, 7) is 2.40. The number of hydrogen-bond donors (Lipinski definition) is 4. The molecular weight excluding hydrogens is 326 g/mol. The van der Waals surface area contributed by atoms with Gasteiger partial charge in [-0.2, -0.15) is 0 Å². The van der Waals surface area contributed by atoms with E-state index in [0.29, 0.717) is 6.54 Å². The zero-order chi connectivity index (χ0) is 18.6. The van der Waals surface area contributed by atoms with Crippen molar-refractivity contribution in [2.24, 2.45) is 5.73 Å². The lowest BCUT2D eigenvalue weighted by Gasteiger charge is -2.08. The van der Waals surface area contributed by atoms with E-state index in [1.165, 1.54) is 22.3 Å². The summed E-state index contributed by atoms with van der Waals surface area (Å²) in [5.74, 6) is 0. The summed E-state index contributed by atoms with van der Waals surface area (Å²) >= 11 is 0. The van der Waals surface area contributed by atoms with Crippen LogP contribution in [0.25, 0.3) is 11.1 Å². The van der Waals surface area contributed by atoms with Gasteiger partial charge in [-0.1, -0.05) is 53.8 Å². The van der Waals surface area contributed by atoms with Gasteiger partial charge >= 0.3 is 0 Å². The van der Waals surface area contributed by atoms with Crippen LogP contribution in [0.2, 0.25) is 0 Å². The first-order chi connectivity index (χ1) is 12.7. The Morgan fingerprint density at radius 2 is 1.27 bits per heavy atom. The lowest BCUT2D eigenvalue weighted by Crippen LogP contribution is -2.28. The number of aryl methyl sites for hydroxylation is 2. The number of unbranched alkanes of at least 4 members (excludes halogenated alkanes) is 1. The fraction of sp³-hybridized carbons (Fsp3) is 0.429. The van der Waals surface area contributed by atoms with Crippen molar-refractivity contribution in [1.82, 2.24) is 10.5 Å². The van der Waals surface area contributed by atoms with Crippen molar-refractivity contribution in [1.29, 1.82) is 0 Å². The van der Waals surface area contributed by atoms with Gasteiger partial charge in [0.2, 0.25) is 0 Å². The van der Waals surface area contributed by atoms with Crippen LogP contribution in [0.5, 0.6) is 0 Å². The lowest BCUT2D eigenvalue weighted by molar-refractivity contribution is -0.305. The highest BCUT2D eigenvalue weighted by molar-refractivity contribution is 5.63. The Balaban J connectivity index is 1.76. The second-order valence-corrected chi connectivity index (χ2v) is 6.59. The quantitative estimate of drug-likeness (QED) is 0.346. The third-order valence-electron chi connectivity index (χ3n) is 4.47. The van der Waals surface area contributed by atoms with Gasteiger partial charge in [0, 0.05) is 6.54 Å². The minimum atomic E-state index is 0.207. The summed E-state index contributed by atoms with van der Waals surface area (Å²) in [5.41, 5.74) is 10.7. The summed E-state index contributed by atoms with van der Waals surface area (Å²) < 4.78 is 0. The molecule has 5 N–H and O–H groups in total. The third kappa shape index (κ3) is 7.64. The number of benzene rings is 2. The fourth-order valence-electron chi connectivity index (χ4n) is 2.92. The smallest absolute Gasteiger partial charge is 0.0637 e. The highest BCUT2D eigenvalue weighted by Crippen LogP contribution is 2.21. The van der Waals surface area contributed by atoms with Crippen LogP contribution >= 0.6 is 0 Å². The maximum absolute atomic E-state index is 8.61. The molecule has 0 unspecified atom stereocenters. The van der Waals surface area contributed by atoms with Crippen LogP contribution in [-0.4, -0.2) is 41.8 Å². The van der Waals surface area contributed by atoms with Crippen molar-refractivity contribution in [3.8, 4) is 11.1 Å². The van der Waals surface area contributed by atoms with Crippen LogP contribution in [0.4, 0.5) is 0 Å². The Bertz CT molecular complexity index is 612. The fourth-order valence-corrected chi connectivity index (χ4v) is 2.92. The summed E-state index contributed by atoms with van der Waals surface area (Å²) in [6, 6.07) is 17.6. The molecule has 2 rings (SSSR count). The van der Waals surface area contributed by atoms with Gasteiger partial charge in [-0.05, 0) is 67.4 Å². The topological polar surface area (TPSA) is 81.8 Å². The Morgan fingerprint density at radius 1 is 0.731 bits per heavy atom. The normalized spacial score (nSPS) is 11.2. The van der Waals surface area contributed by atoms with Gasteiger partial charge in [0.25, 0.3) is 0 Å². The molecule has 2 aromatic carbocycles. The van der Waals surface area contributed by atoms with E-state index in [4.69, 9.17) is 16.1 Å². The summed E-state index contributed by atoms with van der Waals surface area (Å²) in [6.07, 6.45) is 5.36. The zero-order valence-electron chi connectivity index (χ0n) is 15.4. The standard InChI is InChI=1S/C21H31N3O2/c22-14-2-1-4-18-6-10-20(11-7-18)21-12-8-19(9-13-21)5-3-15-23-16-17-24(25)26/h6-13,23,25-26H,1-5,14-17,22H2. The number of hydroxylamine groups is 2. The SMILES string of the molecule is NCCCCc1ccc(-c2ccc(CCCNCCN(O)O)cc2)cc1. The molecule has 0 fully saturated rings. The Kier molecular flexibility index (Phi) is 9.31. The lowest BCUT2D eigenvalue weighted by atomic mass is 10.00. The van der Waals surface area contributed by atoms with Gasteiger partial charge in [-0.3, -0.25) is 10.4 Å². The monoisotopic (exact) mass is 357 g/mol. The van der Waals surface area contributed by atoms with E-state index in [9.17, 15) is 0 Å². The van der Waals surface area contributed by atoms with Crippen molar-refractivity contribution in [3.63, 3.8) is 0 Å². The highest BCUT2D eigenvalue weighted by atomic mass is 16.8. The first-order valence-electron chi connectivity index (χ1n) is 9.43. The highest BCUT2D eigenvalue weighted by Gasteiger charge is 2.00. The van der Waals surface area contributed by atoms with Crippen molar-refractivity contribution < 1.29 is 10.4 Å². The molecule has 2 aromatic rings. The first-order valence-corrected chi connectivity index (χ1v) is 9.43. The van der Waals surface area contributed by atoms with E-state index in [0.717, 1.165) is 45.2 Å². The first kappa shape index (κ1) is 20.6. The molecule has 0 heterocycles. The predicted molar refractivity (Wildman–Crippen MR) is 105 cm³/mol. The van der Waals surface area contributed by atoms with E-state index >= 15 is 0 Å². The molecule has 5 heteroatoms. The Morgan fingerprint density at radius 3 is 1.77 bits per heavy atom. The van der Waals surface area contributed by atoms with Gasteiger partial charge < -0.3 is 11.1 Å². The minimum absolute atomic E-state index is 0.207. The Labute approximate surface area is 156 Å². The van der Waals surface area contributed by atoms with E-state index in [1.807, 2.05) is 0 Å². The van der Waals surface area contributed by atoms with E-state index in [1.54, 1.807) is 0 Å². The molecule has 142 valence electrons. The van der Waals surface area contributed by atoms with E-state index in [-0.39, 0.29) is 11.8 Å². The summed E-state index contributed by atoms with van der Waals surface area (Å²) in [5, 5.41) is 20.6. The van der Waals surface area contributed by atoms with Gasteiger partial charge in [-0.25, -0.2) is 0 Å². The zero-order valence-corrected chi connectivity index (χ0v) is 15.4. The molecule has 0 amide bonds. The van der Waals surface area contributed by atoms with Crippen LogP contribution < -0.4 is 11.1 Å². The second-order valence-electron chi connectivity index (χ2n) is 6.59. The minimum Gasteiger partial charge on any atom is -0.330 e. The molecule has 0 aliphatic heterocycles. The maximum atomic E-state index is 8.61. The molecule has 0 aromatic heterocycles. The van der Waals surface area contributed by atoms with Crippen LogP contribution in [0.15, 0.2) is 48.5 Å².